The van der Waals surface area contributed by atoms with Crippen molar-refractivity contribution >= 4 is 38.0 Å². The van der Waals surface area contributed by atoms with Gasteiger partial charge in [-0.25, -0.2) is 0 Å². The zero-order valence-corrected chi connectivity index (χ0v) is 36.9. The molecule has 4 nitrogen and oxygen atoms in total. The molecular formula is C49H55IrN2O2S-. The summed E-state index contributed by atoms with van der Waals surface area (Å²) in [5.41, 5.74) is 9.28. The summed E-state index contributed by atoms with van der Waals surface area (Å²) in [6.07, 6.45) is 12.0. The number of hydrogen-bond acceptors (Lipinski definition) is 5. The van der Waals surface area contributed by atoms with Gasteiger partial charge < -0.3 is 5.11 Å². The summed E-state index contributed by atoms with van der Waals surface area (Å²) in [5.74, 6) is 0.899. The number of benzene rings is 3. The Balaban J connectivity index is 0.000000276. The molecule has 1 radical (unpaired) electrons. The van der Waals surface area contributed by atoms with Gasteiger partial charge in [0.05, 0.1) is 0 Å². The molecule has 0 aliphatic heterocycles. The molecule has 6 aromatic rings. The first-order valence-corrected chi connectivity index (χ1v) is 20.6. The fourth-order valence-electron chi connectivity index (χ4n) is 7.38. The molecular weight excluding hydrogens is 873 g/mol. The molecule has 0 atom stereocenters. The minimum atomic E-state index is -0.337. The third-order valence-electron chi connectivity index (χ3n) is 12.0. The second-order valence-electron chi connectivity index (χ2n) is 15.8. The van der Waals surface area contributed by atoms with Crippen molar-refractivity contribution < 1.29 is 30.0 Å². The number of fused-ring (bicyclic) bond motifs is 6. The molecule has 55 heavy (non-hydrogen) atoms. The van der Waals surface area contributed by atoms with E-state index >= 15 is 0 Å². The van der Waals surface area contributed by atoms with Gasteiger partial charge in [-0.3, -0.25) is 14.8 Å². The van der Waals surface area contributed by atoms with E-state index in [-0.39, 0.29) is 42.5 Å². The number of nitrogens with zero attached hydrogens (tertiary/aromatic N) is 2. The first-order valence-electron chi connectivity index (χ1n) is 19.8. The molecule has 3 aromatic carbocycles. The Bertz CT molecular complexity index is 2300. The van der Waals surface area contributed by atoms with Crippen LogP contribution in [0.5, 0.6) is 0 Å². The minimum Gasteiger partial charge on any atom is -0.512 e. The quantitative estimate of drug-likeness (QED) is 0.0799. The Morgan fingerprint density at radius 3 is 2.20 bits per heavy atom. The summed E-state index contributed by atoms with van der Waals surface area (Å²) in [4.78, 5) is 23.3. The second-order valence-corrected chi connectivity index (χ2v) is 16.8. The van der Waals surface area contributed by atoms with Crippen molar-refractivity contribution in [3.05, 3.63) is 120 Å². The van der Waals surface area contributed by atoms with E-state index in [1.807, 2.05) is 59.1 Å². The van der Waals surface area contributed by atoms with Gasteiger partial charge in [0.2, 0.25) is 0 Å². The summed E-state index contributed by atoms with van der Waals surface area (Å²) >= 11 is 1.87. The Morgan fingerprint density at radius 1 is 0.855 bits per heavy atom. The van der Waals surface area contributed by atoms with E-state index in [0.29, 0.717) is 5.92 Å². The molecule has 1 aliphatic carbocycles. The molecule has 0 bridgehead atoms. The van der Waals surface area contributed by atoms with Crippen LogP contribution >= 0.6 is 11.3 Å². The van der Waals surface area contributed by atoms with Crippen LogP contribution in [0.2, 0.25) is 0 Å². The molecule has 0 amide bonds. The van der Waals surface area contributed by atoms with Crippen LogP contribution in [-0.4, -0.2) is 20.9 Å². The van der Waals surface area contributed by atoms with Gasteiger partial charge in [0.1, 0.15) is 5.76 Å². The molecule has 0 saturated carbocycles. The maximum Gasteiger partial charge on any atom is 0.164 e. The molecule has 3 aromatic heterocycles. The third kappa shape index (κ3) is 8.73. The maximum absolute atomic E-state index is 12.2. The average molecular weight is 928 g/mol. The number of carbonyl (C=O) groups is 1. The zero-order chi connectivity index (χ0) is 38.6. The van der Waals surface area contributed by atoms with E-state index in [1.54, 1.807) is 0 Å². The van der Waals surface area contributed by atoms with Gasteiger partial charge in [0.15, 0.2) is 5.78 Å². The predicted molar refractivity (Wildman–Crippen MR) is 229 cm³/mol. The van der Waals surface area contributed by atoms with Crippen molar-refractivity contribution in [1.29, 1.82) is 0 Å². The fourth-order valence-corrected chi connectivity index (χ4v) is 8.77. The predicted octanol–water partition coefficient (Wildman–Crippen LogP) is 13.6. The van der Waals surface area contributed by atoms with Crippen molar-refractivity contribution in [2.24, 2.45) is 16.7 Å². The van der Waals surface area contributed by atoms with Crippen LogP contribution in [0.1, 0.15) is 97.9 Å². The minimum absolute atomic E-state index is 0. The van der Waals surface area contributed by atoms with Gasteiger partial charge in [-0.05, 0) is 85.1 Å². The maximum atomic E-state index is 12.2. The molecule has 0 fully saturated rings. The van der Waals surface area contributed by atoms with Crippen LogP contribution in [0.25, 0.3) is 53.7 Å². The SMILES string of the molecule is CC(C)Cc1cc2c(cn1)-c1sc3c(-c4[c-]c5ccccc5c(-c5ccccc5)c4)nccc3c1CC2.CCC(C)(CC)C(=O)/C=C(\O)C(C)(CC)CC.[Ir]. The zero-order valence-electron chi connectivity index (χ0n) is 33.7. The van der Waals surface area contributed by atoms with E-state index in [0.717, 1.165) is 61.6 Å². The van der Waals surface area contributed by atoms with Gasteiger partial charge in [-0.15, -0.1) is 34.9 Å². The third-order valence-corrected chi connectivity index (χ3v) is 13.3. The van der Waals surface area contributed by atoms with Crippen molar-refractivity contribution in [3.8, 4) is 32.8 Å². The number of allylic oxidation sites excluding steroid dienone is 2. The van der Waals surface area contributed by atoms with Crippen molar-refractivity contribution in [1.82, 2.24) is 9.97 Å². The van der Waals surface area contributed by atoms with E-state index in [4.69, 9.17) is 9.97 Å². The van der Waals surface area contributed by atoms with Gasteiger partial charge in [0, 0.05) is 75.9 Å². The monoisotopic (exact) mass is 928 g/mol. The van der Waals surface area contributed by atoms with E-state index in [2.05, 4.69) is 98.9 Å². The smallest absolute Gasteiger partial charge is 0.164 e. The van der Waals surface area contributed by atoms with Crippen molar-refractivity contribution in [2.75, 3.05) is 0 Å². The van der Waals surface area contributed by atoms with Crippen LogP contribution in [0.3, 0.4) is 0 Å². The summed E-state index contributed by atoms with van der Waals surface area (Å²) in [6, 6.07) is 29.7. The topological polar surface area (TPSA) is 63.1 Å². The first-order chi connectivity index (χ1) is 25.9. The normalized spacial score (nSPS) is 12.9. The number of aromatic nitrogens is 2. The van der Waals surface area contributed by atoms with Crippen LogP contribution < -0.4 is 0 Å². The van der Waals surface area contributed by atoms with Crippen LogP contribution in [-0.2, 0) is 44.2 Å². The molecule has 1 N–H and O–H groups in total. The number of ketones is 1. The number of aliphatic hydroxyl groups is 1. The number of aryl methyl sites for hydroxylation is 2. The molecule has 289 valence electrons. The molecule has 0 unspecified atom stereocenters. The van der Waals surface area contributed by atoms with E-state index in [9.17, 15) is 9.90 Å². The van der Waals surface area contributed by atoms with Gasteiger partial charge in [-0.1, -0.05) is 120 Å². The van der Waals surface area contributed by atoms with Crippen LogP contribution in [0.15, 0.2) is 97.0 Å². The van der Waals surface area contributed by atoms with E-state index in [1.165, 1.54) is 59.9 Å². The van der Waals surface area contributed by atoms with Crippen LogP contribution in [0, 0.1) is 22.8 Å². The number of thiophene rings is 1. The molecule has 6 heteroatoms. The Hall–Kier alpha value is -3.96. The van der Waals surface area contributed by atoms with E-state index < -0.39 is 0 Å². The summed E-state index contributed by atoms with van der Waals surface area (Å²) in [5, 5.41) is 13.8. The number of carbonyl (C=O) groups excluding carboxylic acids is 1. The summed E-state index contributed by atoms with van der Waals surface area (Å²) < 4.78 is 1.25. The summed E-state index contributed by atoms with van der Waals surface area (Å²) in [7, 11) is 0. The van der Waals surface area contributed by atoms with Crippen LogP contribution in [0.4, 0.5) is 0 Å². The Labute approximate surface area is 345 Å². The fraction of sp³-hybridized carbons (Fsp3) is 0.367. The molecule has 0 spiro atoms. The van der Waals surface area contributed by atoms with Gasteiger partial charge in [-0.2, -0.15) is 0 Å². The first kappa shape index (κ1) is 42.2. The average Bonchev–Trinajstić information content (AvgIpc) is 3.59. The number of rotatable bonds is 11. The van der Waals surface area contributed by atoms with Gasteiger partial charge >= 0.3 is 0 Å². The second kappa shape index (κ2) is 17.9. The largest absolute Gasteiger partial charge is 0.512 e. The Kier molecular flexibility index (Phi) is 13.7. The number of pyridine rings is 2. The van der Waals surface area contributed by atoms with Crippen molar-refractivity contribution in [3.63, 3.8) is 0 Å². The number of aliphatic hydroxyl groups excluding tert-OH is 1. The molecule has 7 rings (SSSR count). The molecule has 1 aliphatic rings. The van der Waals surface area contributed by atoms with Gasteiger partial charge in [0.25, 0.3) is 0 Å². The Morgan fingerprint density at radius 2 is 1.53 bits per heavy atom. The summed E-state index contributed by atoms with van der Waals surface area (Å²) in [6.45, 7) is 16.6. The molecule has 3 heterocycles. The standard InChI is InChI=1S/C34H27N2S.C15H28O2.Ir/c1-21(2)16-26-18-24-12-13-28-29-14-15-35-32(34(29)37-33(28)31(24)20-36-26)25-17-23-10-6-7-11-27(23)30(19-25)22-8-4-3-5-9-22;1-7-14(5,8-2)12(16)11-13(17)15(6,9-3)10-4;/h3-11,14-15,18-21H,12-13,16H2,1-2H3;11,16H,7-10H2,1-6H3;/q-1;;/b;12-11-;. The number of hydrogen-bond donors (Lipinski definition) is 1. The van der Waals surface area contributed by atoms with Crippen molar-refractivity contribution in [2.45, 2.75) is 100 Å². The molecule has 0 saturated heterocycles.